The van der Waals surface area contributed by atoms with Gasteiger partial charge in [-0.2, -0.15) is 0 Å². The molecule has 19 heavy (non-hydrogen) atoms. The Kier molecular flexibility index (Phi) is 3.39. The van der Waals surface area contributed by atoms with Crippen LogP contribution < -0.4 is 0 Å². The van der Waals surface area contributed by atoms with Crippen LogP contribution in [-0.2, 0) is 0 Å². The number of fused-ring (bicyclic) bond motifs is 1. The second-order valence-electron chi connectivity index (χ2n) is 4.25. The largest absolute Gasteiger partial charge is 0.384 e. The van der Waals surface area contributed by atoms with Gasteiger partial charge >= 0.3 is 0 Å². The summed E-state index contributed by atoms with van der Waals surface area (Å²) in [6.07, 6.45) is -0.766. The Morgan fingerprint density at radius 3 is 2.74 bits per heavy atom. The molecule has 0 bridgehead atoms. The van der Waals surface area contributed by atoms with E-state index in [4.69, 9.17) is 0 Å². The minimum Gasteiger partial charge on any atom is -0.384 e. The molecule has 0 aliphatic rings. The first-order valence-corrected chi connectivity index (χ1v) is 7.43. The fourth-order valence-corrected chi connectivity index (χ4v) is 3.63. The molecule has 0 aliphatic carbocycles. The molecule has 0 saturated heterocycles. The molecule has 4 heteroatoms. The van der Waals surface area contributed by atoms with Crippen molar-refractivity contribution in [3.05, 3.63) is 69.3 Å². The molecule has 0 amide bonds. The zero-order valence-electron chi connectivity index (χ0n) is 9.81. The molecule has 0 aliphatic heterocycles. The molecule has 3 aromatic rings. The van der Waals surface area contributed by atoms with Crippen LogP contribution in [0.25, 0.3) is 10.1 Å². The van der Waals surface area contributed by atoms with E-state index in [2.05, 4.69) is 15.9 Å². The Bertz CT molecular complexity index is 738. The van der Waals surface area contributed by atoms with Crippen molar-refractivity contribution in [2.75, 3.05) is 0 Å². The summed E-state index contributed by atoms with van der Waals surface area (Å²) in [6.45, 7) is 0. The van der Waals surface area contributed by atoms with Crippen LogP contribution in [0.1, 0.15) is 17.2 Å². The molecular formula is C15H10BrFOS. The van der Waals surface area contributed by atoms with Crippen molar-refractivity contribution in [3.63, 3.8) is 0 Å². The van der Waals surface area contributed by atoms with Gasteiger partial charge in [0.15, 0.2) is 0 Å². The van der Waals surface area contributed by atoms with Crippen molar-refractivity contribution in [3.8, 4) is 0 Å². The number of halogens is 2. The van der Waals surface area contributed by atoms with Gasteiger partial charge in [0.25, 0.3) is 0 Å². The fourth-order valence-electron chi connectivity index (χ4n) is 2.12. The van der Waals surface area contributed by atoms with Crippen LogP contribution in [0.3, 0.4) is 0 Å². The third-order valence-electron chi connectivity index (χ3n) is 3.06. The number of benzene rings is 2. The zero-order chi connectivity index (χ0) is 13.4. The predicted octanol–water partition coefficient (Wildman–Crippen LogP) is 4.88. The third-order valence-corrected chi connectivity index (χ3v) is 4.73. The van der Waals surface area contributed by atoms with Crippen LogP contribution in [0.5, 0.6) is 0 Å². The lowest BCUT2D eigenvalue weighted by Gasteiger charge is -2.14. The monoisotopic (exact) mass is 336 g/mol. The Hall–Kier alpha value is -1.23. The van der Waals surface area contributed by atoms with Gasteiger partial charge in [0, 0.05) is 14.7 Å². The quantitative estimate of drug-likeness (QED) is 0.706. The van der Waals surface area contributed by atoms with Gasteiger partial charge in [-0.05, 0) is 34.5 Å². The standard InChI is InChI=1S/C15H10BrFOS/c16-13-8-10(17)4-5-11(13)14(18)12-3-1-2-9-6-7-19-15(9)12/h1-8,14,18H. The molecule has 0 radical (unpaired) electrons. The second kappa shape index (κ2) is 5.04. The zero-order valence-corrected chi connectivity index (χ0v) is 12.2. The van der Waals surface area contributed by atoms with E-state index in [0.717, 1.165) is 15.6 Å². The lowest BCUT2D eigenvalue weighted by Crippen LogP contribution is -2.01. The van der Waals surface area contributed by atoms with Crippen LogP contribution in [-0.4, -0.2) is 5.11 Å². The molecule has 0 saturated carbocycles. The fraction of sp³-hybridized carbons (Fsp3) is 0.0667. The van der Waals surface area contributed by atoms with Crippen molar-refractivity contribution in [2.24, 2.45) is 0 Å². The summed E-state index contributed by atoms with van der Waals surface area (Å²) in [6, 6.07) is 12.2. The van der Waals surface area contributed by atoms with Crippen LogP contribution in [0.4, 0.5) is 4.39 Å². The lowest BCUT2D eigenvalue weighted by molar-refractivity contribution is 0.221. The third kappa shape index (κ3) is 2.31. The molecule has 96 valence electrons. The van der Waals surface area contributed by atoms with Gasteiger partial charge in [-0.3, -0.25) is 0 Å². The molecule has 1 aromatic heterocycles. The van der Waals surface area contributed by atoms with Crippen LogP contribution in [0.2, 0.25) is 0 Å². The van der Waals surface area contributed by atoms with Gasteiger partial charge in [-0.15, -0.1) is 11.3 Å². The van der Waals surface area contributed by atoms with Crippen molar-refractivity contribution in [1.29, 1.82) is 0 Å². The van der Waals surface area contributed by atoms with E-state index in [-0.39, 0.29) is 5.82 Å². The summed E-state index contributed by atoms with van der Waals surface area (Å²) < 4.78 is 14.7. The Balaban J connectivity index is 2.13. The molecule has 2 aromatic carbocycles. The van der Waals surface area contributed by atoms with Gasteiger partial charge in [-0.25, -0.2) is 4.39 Å². The van der Waals surface area contributed by atoms with Crippen LogP contribution >= 0.6 is 27.3 Å². The summed E-state index contributed by atoms with van der Waals surface area (Å²) in [4.78, 5) is 0. The van der Waals surface area contributed by atoms with E-state index >= 15 is 0 Å². The maximum atomic E-state index is 13.1. The highest BCUT2D eigenvalue weighted by molar-refractivity contribution is 9.10. The van der Waals surface area contributed by atoms with Gasteiger partial charge in [0.05, 0.1) is 0 Å². The molecule has 1 unspecified atom stereocenters. The van der Waals surface area contributed by atoms with E-state index < -0.39 is 6.10 Å². The number of thiophene rings is 1. The van der Waals surface area contributed by atoms with E-state index in [0.29, 0.717) is 10.0 Å². The van der Waals surface area contributed by atoms with Crippen molar-refractivity contribution < 1.29 is 9.50 Å². The predicted molar refractivity (Wildman–Crippen MR) is 80.0 cm³/mol. The summed E-state index contributed by atoms with van der Waals surface area (Å²) in [5.41, 5.74) is 1.52. The molecular weight excluding hydrogens is 327 g/mol. The van der Waals surface area contributed by atoms with E-state index in [1.807, 2.05) is 29.6 Å². The van der Waals surface area contributed by atoms with E-state index in [1.165, 1.54) is 12.1 Å². The maximum Gasteiger partial charge on any atom is 0.124 e. The molecule has 3 rings (SSSR count). The first kappa shape index (κ1) is 12.8. The number of aliphatic hydroxyl groups excluding tert-OH is 1. The Morgan fingerprint density at radius 2 is 1.95 bits per heavy atom. The topological polar surface area (TPSA) is 20.2 Å². The average molecular weight is 337 g/mol. The average Bonchev–Trinajstić information content (AvgIpc) is 2.86. The highest BCUT2D eigenvalue weighted by Gasteiger charge is 2.17. The Labute approximate surface area is 122 Å². The van der Waals surface area contributed by atoms with Gasteiger partial charge in [-0.1, -0.05) is 40.2 Å². The second-order valence-corrected chi connectivity index (χ2v) is 6.03. The molecule has 0 fully saturated rings. The molecule has 0 spiro atoms. The number of hydrogen-bond acceptors (Lipinski definition) is 2. The van der Waals surface area contributed by atoms with Crippen molar-refractivity contribution in [2.45, 2.75) is 6.10 Å². The first-order valence-electron chi connectivity index (χ1n) is 5.76. The van der Waals surface area contributed by atoms with Gasteiger partial charge in [0.2, 0.25) is 0 Å². The number of hydrogen-bond donors (Lipinski definition) is 1. The lowest BCUT2D eigenvalue weighted by atomic mass is 10.0. The highest BCUT2D eigenvalue weighted by atomic mass is 79.9. The summed E-state index contributed by atoms with van der Waals surface area (Å²) in [5, 5.41) is 13.6. The van der Waals surface area contributed by atoms with Crippen LogP contribution in [0, 0.1) is 5.82 Å². The van der Waals surface area contributed by atoms with E-state index in [9.17, 15) is 9.50 Å². The molecule has 1 N–H and O–H groups in total. The minimum atomic E-state index is -0.766. The van der Waals surface area contributed by atoms with Crippen molar-refractivity contribution in [1.82, 2.24) is 0 Å². The van der Waals surface area contributed by atoms with Gasteiger partial charge < -0.3 is 5.11 Å². The van der Waals surface area contributed by atoms with Crippen molar-refractivity contribution >= 4 is 37.4 Å². The number of aliphatic hydroxyl groups is 1. The van der Waals surface area contributed by atoms with Gasteiger partial charge in [0.1, 0.15) is 11.9 Å². The summed E-state index contributed by atoms with van der Waals surface area (Å²) in [5.74, 6) is -0.322. The number of rotatable bonds is 2. The first-order chi connectivity index (χ1) is 9.16. The SMILES string of the molecule is OC(c1ccc(F)cc1Br)c1cccc2ccsc12. The maximum absolute atomic E-state index is 13.1. The Morgan fingerprint density at radius 1 is 1.11 bits per heavy atom. The minimum absolute atomic E-state index is 0.322. The van der Waals surface area contributed by atoms with Crippen LogP contribution in [0.15, 0.2) is 52.3 Å². The normalized spacial score (nSPS) is 12.8. The molecule has 1 heterocycles. The molecule has 1 nitrogen and oxygen atoms in total. The van der Waals surface area contributed by atoms with E-state index in [1.54, 1.807) is 17.4 Å². The highest BCUT2D eigenvalue weighted by Crippen LogP contribution is 2.35. The summed E-state index contributed by atoms with van der Waals surface area (Å²) >= 11 is 4.90. The summed E-state index contributed by atoms with van der Waals surface area (Å²) in [7, 11) is 0. The molecule has 1 atom stereocenters. The smallest absolute Gasteiger partial charge is 0.124 e.